The van der Waals surface area contributed by atoms with Crippen molar-refractivity contribution >= 4 is 38.0 Å². The number of thiazole rings is 2. The van der Waals surface area contributed by atoms with Crippen LogP contribution < -0.4 is 15.8 Å². The lowest BCUT2D eigenvalue weighted by molar-refractivity contribution is 0.414. The quantitative estimate of drug-likeness (QED) is 0.493. The second-order valence-corrected chi connectivity index (χ2v) is 8.15. The highest BCUT2D eigenvalue weighted by atomic mass is 32.1. The minimum absolute atomic E-state index is 0.000676. The molecule has 138 valence electrons. The maximum Gasteiger partial charge on any atom is 0.183 e. The van der Waals surface area contributed by atoms with Gasteiger partial charge in [-0.3, -0.25) is 4.98 Å². The summed E-state index contributed by atoms with van der Waals surface area (Å²) in [5.74, 6) is 0.853. The Labute approximate surface area is 165 Å². The number of benzene rings is 1. The number of anilines is 1. The number of ether oxygens (including phenoxy) is 1. The number of nitrogens with one attached hydrogen (secondary N) is 1. The van der Waals surface area contributed by atoms with Gasteiger partial charge in [-0.1, -0.05) is 23.5 Å². The van der Waals surface area contributed by atoms with Crippen LogP contribution in [0.2, 0.25) is 0 Å². The number of methoxy groups -OCH3 is 1. The molecular weight excluding hydrogens is 378 g/mol. The molecule has 0 bridgehead atoms. The first kappa shape index (κ1) is 17.8. The van der Waals surface area contributed by atoms with Crippen LogP contribution >= 0.6 is 22.7 Å². The van der Waals surface area contributed by atoms with Crippen LogP contribution in [-0.2, 0) is 6.42 Å². The molecule has 0 aliphatic carbocycles. The molecule has 3 aromatic heterocycles. The Hall–Kier alpha value is -2.55. The Kier molecular flexibility index (Phi) is 5.28. The van der Waals surface area contributed by atoms with E-state index in [0.717, 1.165) is 37.4 Å². The molecule has 1 atom stereocenters. The highest BCUT2D eigenvalue weighted by Crippen LogP contribution is 2.34. The van der Waals surface area contributed by atoms with Crippen LogP contribution in [0.25, 0.3) is 20.1 Å². The Morgan fingerprint density at radius 1 is 1.15 bits per heavy atom. The van der Waals surface area contributed by atoms with Crippen molar-refractivity contribution in [3.63, 3.8) is 0 Å². The van der Waals surface area contributed by atoms with Crippen molar-refractivity contribution in [2.24, 2.45) is 5.73 Å². The van der Waals surface area contributed by atoms with Crippen molar-refractivity contribution in [1.82, 2.24) is 15.0 Å². The number of nitrogens with two attached hydrogens (primary N) is 1. The largest absolute Gasteiger partial charge is 0.497 e. The first-order valence-electron chi connectivity index (χ1n) is 8.50. The molecule has 0 saturated carbocycles. The predicted octanol–water partition coefficient (Wildman–Crippen LogP) is 3.81. The summed E-state index contributed by atoms with van der Waals surface area (Å²) in [7, 11) is 1.66. The number of rotatable bonds is 7. The van der Waals surface area contributed by atoms with Crippen molar-refractivity contribution in [3.05, 3.63) is 54.5 Å². The van der Waals surface area contributed by atoms with Crippen LogP contribution in [0.15, 0.2) is 48.9 Å². The van der Waals surface area contributed by atoms with E-state index in [-0.39, 0.29) is 6.04 Å². The number of fused-ring (bicyclic) bond motifs is 1. The highest BCUT2D eigenvalue weighted by molar-refractivity contribution is 7.26. The van der Waals surface area contributed by atoms with E-state index in [0.29, 0.717) is 6.54 Å². The molecule has 1 aromatic carbocycles. The number of hydrogen-bond acceptors (Lipinski definition) is 8. The van der Waals surface area contributed by atoms with Gasteiger partial charge >= 0.3 is 0 Å². The van der Waals surface area contributed by atoms with E-state index in [2.05, 4.69) is 20.3 Å². The minimum Gasteiger partial charge on any atom is -0.497 e. The molecule has 27 heavy (non-hydrogen) atoms. The smallest absolute Gasteiger partial charge is 0.183 e. The lowest BCUT2D eigenvalue weighted by Crippen LogP contribution is -2.31. The van der Waals surface area contributed by atoms with Gasteiger partial charge in [-0.05, 0) is 30.2 Å². The molecule has 0 spiro atoms. The van der Waals surface area contributed by atoms with Crippen molar-refractivity contribution in [2.75, 3.05) is 19.0 Å². The monoisotopic (exact) mass is 397 g/mol. The van der Waals surface area contributed by atoms with Crippen LogP contribution in [0, 0.1) is 0 Å². The zero-order valence-corrected chi connectivity index (χ0v) is 16.4. The minimum atomic E-state index is -0.000676. The summed E-state index contributed by atoms with van der Waals surface area (Å²) in [4.78, 5) is 14.3. The molecule has 4 aromatic rings. The summed E-state index contributed by atoms with van der Waals surface area (Å²) in [5.41, 5.74) is 8.41. The second-order valence-electron chi connectivity index (χ2n) is 6.09. The molecular formula is C19H19N5OS2. The topological polar surface area (TPSA) is 86.0 Å². The summed E-state index contributed by atoms with van der Waals surface area (Å²) >= 11 is 3.21. The van der Waals surface area contributed by atoms with Gasteiger partial charge in [0.1, 0.15) is 10.8 Å². The van der Waals surface area contributed by atoms with Gasteiger partial charge in [-0.2, -0.15) is 0 Å². The van der Waals surface area contributed by atoms with E-state index < -0.39 is 0 Å². The zero-order valence-electron chi connectivity index (χ0n) is 14.8. The number of nitrogens with zero attached hydrogens (tertiary/aromatic N) is 3. The van der Waals surface area contributed by atoms with Crippen LogP contribution in [0.5, 0.6) is 5.75 Å². The third-order valence-corrected chi connectivity index (χ3v) is 6.21. The fraction of sp³-hybridized carbons (Fsp3) is 0.211. The van der Waals surface area contributed by atoms with Gasteiger partial charge < -0.3 is 15.8 Å². The molecule has 0 aliphatic rings. The van der Waals surface area contributed by atoms with E-state index in [1.807, 2.05) is 42.7 Å². The third kappa shape index (κ3) is 4.24. The fourth-order valence-electron chi connectivity index (χ4n) is 2.70. The number of pyridine rings is 1. The number of aromatic nitrogens is 3. The molecule has 3 N–H and O–H groups in total. The Morgan fingerprint density at radius 3 is 2.78 bits per heavy atom. The summed E-state index contributed by atoms with van der Waals surface area (Å²) in [5, 5.41) is 5.15. The van der Waals surface area contributed by atoms with Gasteiger partial charge in [0.05, 0.1) is 28.4 Å². The fourth-order valence-corrected chi connectivity index (χ4v) is 4.49. The molecule has 6 nitrogen and oxygen atoms in total. The van der Waals surface area contributed by atoms with E-state index in [9.17, 15) is 0 Å². The molecule has 0 radical (unpaired) electrons. The predicted molar refractivity (Wildman–Crippen MR) is 112 cm³/mol. The van der Waals surface area contributed by atoms with E-state index >= 15 is 0 Å². The van der Waals surface area contributed by atoms with Crippen molar-refractivity contribution in [1.29, 1.82) is 0 Å². The van der Waals surface area contributed by atoms with E-state index in [4.69, 9.17) is 10.5 Å². The van der Waals surface area contributed by atoms with E-state index in [1.165, 1.54) is 5.56 Å². The summed E-state index contributed by atoms with van der Waals surface area (Å²) in [6.07, 6.45) is 6.25. The standard InChI is InChI=1S/C19H19N5OS2/c1-25-14-4-2-12(3-5-14)8-13(20)9-22-19-23-11-17(27-19)18-24-15-6-7-21-10-16(15)26-18/h2-7,10-11,13H,8-9,20H2,1H3,(H,22,23)/t13-/m1/s1. The molecule has 0 fully saturated rings. The maximum atomic E-state index is 6.26. The Balaban J connectivity index is 1.36. The SMILES string of the molecule is COc1ccc(C[C@@H](N)CNc2ncc(-c3nc4ccncc4s3)s2)cc1. The van der Waals surface area contributed by atoms with Crippen LogP contribution in [0.3, 0.4) is 0 Å². The Morgan fingerprint density at radius 2 is 2.00 bits per heavy atom. The summed E-state index contributed by atoms with van der Waals surface area (Å²) in [6, 6.07) is 9.92. The van der Waals surface area contributed by atoms with Gasteiger partial charge in [0, 0.05) is 25.0 Å². The van der Waals surface area contributed by atoms with Crippen LogP contribution in [0.4, 0.5) is 5.13 Å². The molecule has 0 aliphatic heterocycles. The lowest BCUT2D eigenvalue weighted by atomic mass is 10.1. The van der Waals surface area contributed by atoms with Crippen molar-refractivity contribution < 1.29 is 4.74 Å². The first-order valence-corrected chi connectivity index (χ1v) is 10.1. The van der Waals surface area contributed by atoms with Crippen LogP contribution in [-0.4, -0.2) is 34.6 Å². The van der Waals surface area contributed by atoms with E-state index in [1.54, 1.807) is 36.0 Å². The van der Waals surface area contributed by atoms with Crippen molar-refractivity contribution in [2.45, 2.75) is 12.5 Å². The van der Waals surface area contributed by atoms with Gasteiger partial charge in [-0.25, -0.2) is 9.97 Å². The third-order valence-electron chi connectivity index (χ3n) is 4.08. The molecule has 0 amide bonds. The van der Waals surface area contributed by atoms with Crippen molar-refractivity contribution in [3.8, 4) is 15.6 Å². The summed E-state index contributed by atoms with van der Waals surface area (Å²) < 4.78 is 6.26. The average Bonchev–Trinajstić information content (AvgIpc) is 3.33. The molecule has 8 heteroatoms. The zero-order chi connectivity index (χ0) is 18.6. The van der Waals surface area contributed by atoms with Gasteiger partial charge in [0.15, 0.2) is 5.13 Å². The van der Waals surface area contributed by atoms with Gasteiger partial charge in [0.25, 0.3) is 0 Å². The lowest BCUT2D eigenvalue weighted by Gasteiger charge is -2.12. The molecule has 0 unspecified atom stereocenters. The molecule has 3 heterocycles. The van der Waals surface area contributed by atoms with Crippen LogP contribution in [0.1, 0.15) is 5.56 Å². The van der Waals surface area contributed by atoms with Gasteiger partial charge in [-0.15, -0.1) is 11.3 Å². The average molecular weight is 398 g/mol. The normalized spacial score (nSPS) is 12.2. The first-order chi connectivity index (χ1) is 13.2. The number of hydrogen-bond donors (Lipinski definition) is 2. The van der Waals surface area contributed by atoms with Gasteiger partial charge in [0.2, 0.25) is 0 Å². The highest BCUT2D eigenvalue weighted by Gasteiger charge is 2.11. The second kappa shape index (κ2) is 7.99. The maximum absolute atomic E-state index is 6.26. The Bertz CT molecular complexity index is 995. The molecule has 4 rings (SSSR count). The molecule has 0 saturated heterocycles. The summed E-state index contributed by atoms with van der Waals surface area (Å²) in [6.45, 7) is 0.656.